The van der Waals surface area contributed by atoms with Crippen LogP contribution in [-0.2, 0) is 20.0 Å². The summed E-state index contributed by atoms with van der Waals surface area (Å²) < 4.78 is 75.9. The van der Waals surface area contributed by atoms with E-state index in [1.807, 2.05) is 9.44 Å². The zero-order chi connectivity index (χ0) is 15.6. The highest BCUT2D eigenvalue weighted by Crippen LogP contribution is 2.20. The molecule has 0 saturated carbocycles. The molecular weight excluding hydrogens is 316 g/mol. The Balaban J connectivity index is 2.93. The van der Waals surface area contributed by atoms with E-state index in [1.54, 1.807) is 0 Å². The van der Waals surface area contributed by atoms with Gasteiger partial charge in [-0.1, -0.05) is 0 Å². The van der Waals surface area contributed by atoms with Crippen molar-refractivity contribution in [1.82, 2.24) is 9.44 Å². The van der Waals surface area contributed by atoms with Crippen molar-refractivity contribution in [1.29, 1.82) is 0 Å². The van der Waals surface area contributed by atoms with Gasteiger partial charge in [-0.05, 0) is 13.1 Å². The second-order valence-electron chi connectivity index (χ2n) is 3.72. The Morgan fingerprint density at radius 1 is 1.15 bits per heavy atom. The van der Waals surface area contributed by atoms with E-state index < -0.39 is 54.6 Å². The minimum Gasteiger partial charge on any atom is -0.396 e. The summed E-state index contributed by atoms with van der Waals surface area (Å²) in [7, 11) is -6.76. The third-order valence-corrected chi connectivity index (χ3v) is 5.15. The molecule has 0 fully saturated rings. The van der Waals surface area contributed by atoms with Crippen molar-refractivity contribution in [3.8, 4) is 0 Å². The number of nitrogens with two attached hydrogens (primary N) is 1. The van der Waals surface area contributed by atoms with Gasteiger partial charge in [-0.3, -0.25) is 0 Å². The number of benzene rings is 1. The zero-order valence-corrected chi connectivity index (χ0v) is 12.0. The molecule has 20 heavy (non-hydrogen) atoms. The molecule has 0 atom stereocenters. The quantitative estimate of drug-likeness (QED) is 0.601. The lowest BCUT2D eigenvalue weighted by Crippen LogP contribution is -2.33. The normalized spacial score (nSPS) is 12.6. The average Bonchev–Trinajstić information content (AvgIpc) is 2.33. The van der Waals surface area contributed by atoms with Crippen LogP contribution in [0.25, 0.3) is 0 Å². The molecule has 1 aromatic rings. The first kappa shape index (κ1) is 16.8. The third-order valence-electron chi connectivity index (χ3n) is 2.31. The van der Waals surface area contributed by atoms with Crippen LogP contribution >= 0.6 is 0 Å². The lowest BCUT2D eigenvalue weighted by atomic mass is 10.3. The number of anilines is 1. The van der Waals surface area contributed by atoms with E-state index in [0.717, 1.165) is 0 Å². The van der Waals surface area contributed by atoms with Gasteiger partial charge in [-0.25, -0.2) is 35.1 Å². The van der Waals surface area contributed by atoms with E-state index in [-0.39, 0.29) is 0 Å². The maximum absolute atomic E-state index is 13.4. The summed E-state index contributed by atoms with van der Waals surface area (Å²) in [5.74, 6) is -2.93. The number of hydrogen-bond acceptors (Lipinski definition) is 5. The van der Waals surface area contributed by atoms with Crippen molar-refractivity contribution in [2.24, 2.45) is 0 Å². The highest BCUT2D eigenvalue weighted by molar-refractivity contribution is 7.90. The molecule has 0 aliphatic carbocycles. The van der Waals surface area contributed by atoms with E-state index >= 15 is 0 Å². The third kappa shape index (κ3) is 4.10. The molecule has 1 rings (SSSR count). The Morgan fingerprint density at radius 2 is 1.75 bits per heavy atom. The second-order valence-corrected chi connectivity index (χ2v) is 7.51. The highest BCUT2D eigenvalue weighted by atomic mass is 32.2. The van der Waals surface area contributed by atoms with Crippen LogP contribution < -0.4 is 15.2 Å². The molecule has 0 radical (unpaired) electrons. The van der Waals surface area contributed by atoms with E-state index in [4.69, 9.17) is 5.73 Å². The Labute approximate surface area is 115 Å². The fourth-order valence-corrected chi connectivity index (χ4v) is 3.07. The molecule has 0 amide bonds. The van der Waals surface area contributed by atoms with Gasteiger partial charge in [-0.15, -0.1) is 0 Å². The lowest BCUT2D eigenvalue weighted by Gasteiger charge is -2.09. The molecule has 4 N–H and O–H groups in total. The summed E-state index contributed by atoms with van der Waals surface area (Å²) in [6.45, 7) is -0.470. The Kier molecular flexibility index (Phi) is 5.02. The molecule has 0 aromatic heterocycles. The maximum atomic E-state index is 13.4. The fraction of sp³-hybridized carbons (Fsp3) is 0.333. The molecule has 0 aliphatic heterocycles. The number of halogens is 2. The predicted octanol–water partition coefficient (Wildman–Crippen LogP) is -0.625. The van der Waals surface area contributed by atoms with Crippen molar-refractivity contribution < 1.29 is 25.6 Å². The van der Waals surface area contributed by atoms with E-state index in [9.17, 15) is 25.6 Å². The van der Waals surface area contributed by atoms with E-state index in [1.165, 1.54) is 7.05 Å². The molecule has 0 aliphatic rings. The molecule has 1 aromatic carbocycles. The number of rotatable bonds is 6. The highest BCUT2D eigenvalue weighted by Gasteiger charge is 2.21. The molecule has 0 spiro atoms. The smallest absolute Gasteiger partial charge is 0.243 e. The average molecular weight is 329 g/mol. The van der Waals surface area contributed by atoms with Crippen molar-refractivity contribution in [2.75, 3.05) is 25.1 Å². The number of hydrogen-bond donors (Lipinski definition) is 3. The van der Waals surface area contributed by atoms with Crippen molar-refractivity contribution >= 4 is 25.7 Å². The van der Waals surface area contributed by atoms with Crippen molar-refractivity contribution in [3.05, 3.63) is 23.8 Å². The van der Waals surface area contributed by atoms with Gasteiger partial charge < -0.3 is 5.73 Å². The van der Waals surface area contributed by atoms with E-state index in [0.29, 0.717) is 12.1 Å². The molecule has 7 nitrogen and oxygen atoms in total. The topological polar surface area (TPSA) is 118 Å². The molecule has 11 heteroatoms. The van der Waals surface area contributed by atoms with Crippen LogP contribution in [0, 0.1) is 11.6 Å². The fourth-order valence-electron chi connectivity index (χ4n) is 1.24. The first-order valence-corrected chi connectivity index (χ1v) is 8.38. The Hall–Kier alpha value is -1.30. The van der Waals surface area contributed by atoms with Crippen LogP contribution in [0.5, 0.6) is 0 Å². The zero-order valence-electron chi connectivity index (χ0n) is 10.4. The van der Waals surface area contributed by atoms with Crippen molar-refractivity contribution in [2.45, 2.75) is 4.90 Å². The summed E-state index contributed by atoms with van der Waals surface area (Å²) in [5, 5.41) is 0. The van der Waals surface area contributed by atoms with Gasteiger partial charge in [0.05, 0.1) is 11.4 Å². The van der Waals surface area contributed by atoms with Gasteiger partial charge in [0, 0.05) is 12.6 Å². The van der Waals surface area contributed by atoms with Crippen LogP contribution in [0.1, 0.15) is 0 Å². The maximum Gasteiger partial charge on any atom is 0.243 e. The molecule has 0 unspecified atom stereocenters. The first-order chi connectivity index (χ1) is 9.09. The molecular formula is C9H13F2N3O4S2. The van der Waals surface area contributed by atoms with Gasteiger partial charge in [0.1, 0.15) is 16.5 Å². The standard InChI is InChI=1S/C9H13F2N3O4S2/c1-13-19(15,16)3-2-14-20(17,18)9-5-8(12)6(10)4-7(9)11/h4-5,13-14H,2-3,12H2,1H3. The van der Waals surface area contributed by atoms with E-state index in [2.05, 4.69) is 0 Å². The van der Waals surface area contributed by atoms with Crippen LogP contribution in [0.3, 0.4) is 0 Å². The molecule has 0 heterocycles. The summed E-state index contributed by atoms with van der Waals surface area (Å²) >= 11 is 0. The van der Waals surface area contributed by atoms with Crippen LogP contribution in [0.15, 0.2) is 17.0 Å². The largest absolute Gasteiger partial charge is 0.396 e. The Bertz CT molecular complexity index is 704. The van der Waals surface area contributed by atoms with Gasteiger partial charge in [-0.2, -0.15) is 0 Å². The monoisotopic (exact) mass is 329 g/mol. The summed E-state index contributed by atoms with van der Waals surface area (Å²) in [6, 6.07) is 0.966. The second kappa shape index (κ2) is 5.99. The van der Waals surface area contributed by atoms with Crippen LogP contribution in [0.4, 0.5) is 14.5 Å². The van der Waals surface area contributed by atoms with Gasteiger partial charge >= 0.3 is 0 Å². The lowest BCUT2D eigenvalue weighted by molar-refractivity contribution is 0.545. The summed E-state index contributed by atoms with van der Waals surface area (Å²) in [5.41, 5.74) is 4.63. The minimum absolute atomic E-state index is 0.342. The minimum atomic E-state index is -4.32. The number of nitrogen functional groups attached to an aromatic ring is 1. The SMILES string of the molecule is CNS(=O)(=O)CCNS(=O)(=O)c1cc(N)c(F)cc1F. The van der Waals surface area contributed by atoms with Gasteiger partial charge in [0.2, 0.25) is 20.0 Å². The van der Waals surface area contributed by atoms with Crippen LogP contribution in [0.2, 0.25) is 0 Å². The van der Waals surface area contributed by atoms with Crippen molar-refractivity contribution in [3.63, 3.8) is 0 Å². The molecule has 114 valence electrons. The predicted molar refractivity (Wildman–Crippen MR) is 68.8 cm³/mol. The molecule has 0 bridgehead atoms. The number of nitrogens with one attached hydrogen (secondary N) is 2. The summed E-state index contributed by atoms with van der Waals surface area (Å²) in [6.07, 6.45) is 0. The van der Waals surface area contributed by atoms with Gasteiger partial charge in [0.25, 0.3) is 0 Å². The first-order valence-electron chi connectivity index (χ1n) is 5.24. The number of sulfonamides is 2. The van der Waals surface area contributed by atoms with Gasteiger partial charge in [0.15, 0.2) is 0 Å². The Morgan fingerprint density at radius 3 is 2.30 bits per heavy atom. The summed E-state index contributed by atoms with van der Waals surface area (Å²) in [4.78, 5) is -0.849. The van der Waals surface area contributed by atoms with Crippen LogP contribution in [-0.4, -0.2) is 36.2 Å². The molecule has 0 saturated heterocycles.